The molecule has 0 aliphatic carbocycles. The van der Waals surface area contributed by atoms with Crippen molar-refractivity contribution in [1.29, 1.82) is 0 Å². The van der Waals surface area contributed by atoms with Crippen LogP contribution in [-0.4, -0.2) is 27.4 Å². The molecule has 4 rings (SSSR count). The lowest BCUT2D eigenvalue weighted by Crippen LogP contribution is -2.48. The SMILES string of the molecule is Cc1cc(C(=O)NN2C(=O)NC(C)(c3ccccc3)C2=O)c(C)n1-c1cccc(Br)c1. The van der Waals surface area contributed by atoms with E-state index >= 15 is 0 Å². The predicted molar refractivity (Wildman–Crippen MR) is 120 cm³/mol. The highest BCUT2D eigenvalue weighted by Gasteiger charge is 2.50. The highest BCUT2D eigenvalue weighted by Crippen LogP contribution is 2.28. The maximum Gasteiger partial charge on any atom is 0.344 e. The minimum Gasteiger partial charge on any atom is -0.318 e. The van der Waals surface area contributed by atoms with Gasteiger partial charge >= 0.3 is 6.03 Å². The van der Waals surface area contributed by atoms with Gasteiger partial charge in [-0.1, -0.05) is 52.3 Å². The van der Waals surface area contributed by atoms with Crippen molar-refractivity contribution in [3.63, 3.8) is 0 Å². The fourth-order valence-electron chi connectivity index (χ4n) is 3.87. The lowest BCUT2D eigenvalue weighted by atomic mass is 9.92. The van der Waals surface area contributed by atoms with E-state index in [1.165, 1.54) is 0 Å². The van der Waals surface area contributed by atoms with Crippen molar-refractivity contribution in [2.75, 3.05) is 0 Å². The van der Waals surface area contributed by atoms with Crippen molar-refractivity contribution in [2.24, 2.45) is 0 Å². The lowest BCUT2D eigenvalue weighted by molar-refractivity contribution is -0.132. The van der Waals surface area contributed by atoms with Crippen LogP contribution in [0.25, 0.3) is 5.69 Å². The van der Waals surface area contributed by atoms with E-state index in [1.54, 1.807) is 37.3 Å². The normalized spacial score (nSPS) is 18.3. The van der Waals surface area contributed by atoms with Crippen LogP contribution in [0.15, 0.2) is 65.1 Å². The number of aromatic nitrogens is 1. The number of nitrogens with one attached hydrogen (secondary N) is 2. The number of carbonyl (C=O) groups excluding carboxylic acids is 3. The number of halogens is 1. The minimum atomic E-state index is -1.25. The molecule has 1 atom stereocenters. The molecule has 158 valence electrons. The number of hydrogen-bond acceptors (Lipinski definition) is 3. The van der Waals surface area contributed by atoms with Crippen LogP contribution in [-0.2, 0) is 10.3 Å². The molecule has 1 aliphatic heterocycles. The molecule has 1 fully saturated rings. The van der Waals surface area contributed by atoms with Crippen LogP contribution in [0.3, 0.4) is 0 Å². The molecule has 1 unspecified atom stereocenters. The maximum atomic E-state index is 13.0. The van der Waals surface area contributed by atoms with Crippen molar-refractivity contribution >= 4 is 33.8 Å². The zero-order valence-electron chi connectivity index (χ0n) is 17.3. The summed E-state index contributed by atoms with van der Waals surface area (Å²) < 4.78 is 2.86. The fourth-order valence-corrected chi connectivity index (χ4v) is 4.26. The maximum absolute atomic E-state index is 13.0. The highest BCUT2D eigenvalue weighted by atomic mass is 79.9. The van der Waals surface area contributed by atoms with Crippen molar-refractivity contribution in [1.82, 2.24) is 20.3 Å². The van der Waals surface area contributed by atoms with Gasteiger partial charge in [0.15, 0.2) is 0 Å². The monoisotopic (exact) mass is 480 g/mol. The second-order valence-corrected chi connectivity index (χ2v) is 8.52. The van der Waals surface area contributed by atoms with Gasteiger partial charge in [0, 0.05) is 21.5 Å². The number of hydrogen-bond donors (Lipinski definition) is 2. The highest BCUT2D eigenvalue weighted by molar-refractivity contribution is 9.10. The van der Waals surface area contributed by atoms with E-state index in [9.17, 15) is 14.4 Å². The number of hydrazine groups is 1. The summed E-state index contributed by atoms with van der Waals surface area (Å²) in [6.07, 6.45) is 0. The van der Waals surface area contributed by atoms with E-state index in [-0.39, 0.29) is 0 Å². The van der Waals surface area contributed by atoms with Crippen molar-refractivity contribution in [2.45, 2.75) is 26.3 Å². The van der Waals surface area contributed by atoms with Crippen LogP contribution in [0, 0.1) is 13.8 Å². The molecule has 2 aromatic carbocycles. The van der Waals surface area contributed by atoms with E-state index < -0.39 is 23.4 Å². The largest absolute Gasteiger partial charge is 0.344 e. The summed E-state index contributed by atoms with van der Waals surface area (Å²) in [5.41, 5.74) is 4.69. The van der Waals surface area contributed by atoms with Gasteiger partial charge in [-0.15, -0.1) is 0 Å². The van der Waals surface area contributed by atoms with Crippen LogP contribution in [0.4, 0.5) is 4.79 Å². The molecule has 1 aromatic heterocycles. The summed E-state index contributed by atoms with van der Waals surface area (Å²) in [4.78, 5) is 38.6. The molecule has 0 spiro atoms. The number of rotatable bonds is 4. The van der Waals surface area contributed by atoms with Crippen LogP contribution < -0.4 is 10.7 Å². The molecule has 0 bridgehead atoms. The van der Waals surface area contributed by atoms with E-state index in [0.29, 0.717) is 16.8 Å². The standard InChI is InChI=1S/C23H21BrN4O3/c1-14-12-19(15(2)27(14)18-11-7-10-17(24)13-18)20(29)26-28-21(30)23(3,25-22(28)31)16-8-5-4-6-9-16/h4-13H,1-3H3,(H,25,31)(H,26,29). The molecule has 31 heavy (non-hydrogen) atoms. The van der Waals surface area contributed by atoms with Crippen molar-refractivity contribution in [3.8, 4) is 5.69 Å². The Hall–Kier alpha value is -3.39. The Morgan fingerprint density at radius 3 is 2.42 bits per heavy atom. The van der Waals surface area contributed by atoms with Crippen molar-refractivity contribution < 1.29 is 14.4 Å². The molecule has 2 heterocycles. The van der Waals surface area contributed by atoms with Gasteiger partial charge in [0.1, 0.15) is 5.54 Å². The second-order valence-electron chi connectivity index (χ2n) is 7.60. The molecule has 2 N–H and O–H groups in total. The van der Waals surface area contributed by atoms with Gasteiger partial charge in [-0.05, 0) is 50.6 Å². The predicted octanol–water partition coefficient (Wildman–Crippen LogP) is 3.97. The molecule has 0 saturated carbocycles. The first-order chi connectivity index (χ1) is 14.7. The molecule has 8 heteroatoms. The quantitative estimate of drug-likeness (QED) is 0.554. The zero-order valence-corrected chi connectivity index (χ0v) is 18.9. The number of urea groups is 1. The first kappa shape index (κ1) is 20.9. The molecular weight excluding hydrogens is 460 g/mol. The Bertz CT molecular complexity index is 1200. The van der Waals surface area contributed by atoms with Gasteiger partial charge in [0.2, 0.25) is 0 Å². The van der Waals surface area contributed by atoms with Crippen molar-refractivity contribution in [3.05, 3.63) is 87.7 Å². The summed E-state index contributed by atoms with van der Waals surface area (Å²) in [5.74, 6) is -1.08. The Morgan fingerprint density at radius 1 is 1.03 bits per heavy atom. The topological polar surface area (TPSA) is 83.4 Å². The summed E-state index contributed by atoms with van der Waals surface area (Å²) >= 11 is 3.46. The number of imide groups is 1. The van der Waals surface area contributed by atoms with Gasteiger partial charge in [-0.3, -0.25) is 15.0 Å². The Kier molecular flexibility index (Phi) is 5.18. The van der Waals surface area contributed by atoms with Crippen LogP contribution in [0.5, 0.6) is 0 Å². The minimum absolute atomic E-state index is 0.381. The lowest BCUT2D eigenvalue weighted by Gasteiger charge is -2.22. The summed E-state index contributed by atoms with van der Waals surface area (Å²) in [6.45, 7) is 5.33. The van der Waals surface area contributed by atoms with Crippen LogP contribution >= 0.6 is 15.9 Å². The summed E-state index contributed by atoms with van der Waals surface area (Å²) in [5, 5.41) is 3.43. The molecular formula is C23H21BrN4O3. The summed E-state index contributed by atoms with van der Waals surface area (Å²) in [7, 11) is 0. The molecule has 7 nitrogen and oxygen atoms in total. The molecule has 1 aliphatic rings. The average Bonchev–Trinajstić information content (AvgIpc) is 3.16. The smallest absolute Gasteiger partial charge is 0.318 e. The number of aryl methyl sites for hydroxylation is 1. The molecule has 3 aromatic rings. The van der Waals surface area contributed by atoms with E-state index in [2.05, 4.69) is 26.7 Å². The van der Waals surface area contributed by atoms with E-state index in [1.807, 2.05) is 48.7 Å². The van der Waals surface area contributed by atoms with E-state index in [0.717, 1.165) is 20.9 Å². The Labute approximate surface area is 188 Å². The number of carbonyl (C=O) groups is 3. The van der Waals surface area contributed by atoms with Crippen LogP contribution in [0.1, 0.15) is 34.2 Å². The third-order valence-electron chi connectivity index (χ3n) is 5.50. The number of benzene rings is 2. The van der Waals surface area contributed by atoms with Gasteiger partial charge < -0.3 is 9.88 Å². The third kappa shape index (κ3) is 3.53. The third-order valence-corrected chi connectivity index (χ3v) is 5.99. The Morgan fingerprint density at radius 2 is 1.74 bits per heavy atom. The van der Waals surface area contributed by atoms with Gasteiger partial charge in [0.05, 0.1) is 5.56 Å². The molecule has 0 radical (unpaired) electrons. The second kappa shape index (κ2) is 7.70. The van der Waals surface area contributed by atoms with Crippen LogP contribution in [0.2, 0.25) is 0 Å². The first-order valence-electron chi connectivity index (χ1n) is 9.70. The number of nitrogens with zero attached hydrogens (tertiary/aromatic N) is 2. The zero-order chi connectivity index (χ0) is 22.3. The fraction of sp³-hybridized carbons (Fsp3) is 0.174. The van der Waals surface area contributed by atoms with Gasteiger partial charge in [0.25, 0.3) is 11.8 Å². The first-order valence-corrected chi connectivity index (χ1v) is 10.5. The average molecular weight is 481 g/mol. The number of amides is 4. The van der Waals surface area contributed by atoms with Gasteiger partial charge in [-0.25, -0.2) is 4.79 Å². The van der Waals surface area contributed by atoms with E-state index in [4.69, 9.17) is 0 Å². The molecule has 4 amide bonds. The summed E-state index contributed by atoms with van der Waals surface area (Å²) in [6, 6.07) is 17.7. The Balaban J connectivity index is 1.61. The van der Waals surface area contributed by atoms with Gasteiger partial charge in [-0.2, -0.15) is 5.01 Å². The molecule has 1 saturated heterocycles.